The third kappa shape index (κ3) is 3.70. The highest BCUT2D eigenvalue weighted by atomic mass is 35.5. The monoisotopic (exact) mass is 309 g/mol. The standard InChI is InChI=1S/C17H24ClNO2/c1-11-9-15(10-12(2)16(11)18)21-13(3)17(20)19(4)14-7-5-6-8-14/h9-10,13-14H,5-8H2,1-4H3/t13-/m1/s1. The molecule has 21 heavy (non-hydrogen) atoms. The second-order valence-electron chi connectivity index (χ2n) is 6.02. The predicted octanol–water partition coefficient (Wildman–Crippen LogP) is 4.13. The lowest BCUT2D eigenvalue weighted by Crippen LogP contribution is -2.42. The summed E-state index contributed by atoms with van der Waals surface area (Å²) in [6, 6.07) is 4.14. The topological polar surface area (TPSA) is 29.5 Å². The van der Waals surface area contributed by atoms with Gasteiger partial charge in [-0.25, -0.2) is 0 Å². The normalized spacial score (nSPS) is 16.8. The Bertz CT molecular complexity index is 501. The smallest absolute Gasteiger partial charge is 0.263 e. The van der Waals surface area contributed by atoms with E-state index in [4.69, 9.17) is 16.3 Å². The maximum absolute atomic E-state index is 12.4. The average Bonchev–Trinajstić information content (AvgIpc) is 2.97. The third-order valence-corrected chi connectivity index (χ3v) is 4.89. The van der Waals surface area contributed by atoms with Gasteiger partial charge in [0, 0.05) is 18.1 Å². The molecule has 0 bridgehead atoms. The molecule has 1 aromatic rings. The Labute approximate surface area is 132 Å². The second-order valence-corrected chi connectivity index (χ2v) is 6.40. The first-order valence-corrected chi connectivity index (χ1v) is 7.98. The SMILES string of the molecule is Cc1cc(O[C@H](C)C(=O)N(C)C2CCCC2)cc(C)c1Cl. The summed E-state index contributed by atoms with van der Waals surface area (Å²) in [5.41, 5.74) is 1.94. The lowest BCUT2D eigenvalue weighted by molar-refractivity contribution is -0.138. The summed E-state index contributed by atoms with van der Waals surface area (Å²) in [7, 11) is 1.89. The van der Waals surface area contributed by atoms with Crippen LogP contribution >= 0.6 is 11.6 Å². The van der Waals surface area contributed by atoms with Crippen molar-refractivity contribution in [2.45, 2.75) is 58.6 Å². The van der Waals surface area contributed by atoms with Gasteiger partial charge >= 0.3 is 0 Å². The average molecular weight is 310 g/mol. The van der Waals surface area contributed by atoms with Gasteiger partial charge in [-0.15, -0.1) is 0 Å². The fourth-order valence-electron chi connectivity index (χ4n) is 2.99. The Morgan fingerprint density at radius 1 is 1.29 bits per heavy atom. The predicted molar refractivity (Wildman–Crippen MR) is 86.0 cm³/mol. The van der Waals surface area contributed by atoms with E-state index in [2.05, 4.69) is 0 Å². The highest BCUT2D eigenvalue weighted by Gasteiger charge is 2.27. The molecule has 1 aromatic carbocycles. The minimum absolute atomic E-state index is 0.0483. The number of benzene rings is 1. The van der Waals surface area contributed by atoms with Gasteiger partial charge in [-0.05, 0) is 56.9 Å². The Morgan fingerprint density at radius 3 is 2.33 bits per heavy atom. The fraction of sp³-hybridized carbons (Fsp3) is 0.588. The third-order valence-electron chi connectivity index (χ3n) is 4.29. The number of ether oxygens (including phenoxy) is 1. The number of aryl methyl sites for hydroxylation is 2. The maximum Gasteiger partial charge on any atom is 0.263 e. The molecule has 2 rings (SSSR count). The van der Waals surface area contributed by atoms with Crippen molar-refractivity contribution < 1.29 is 9.53 Å². The van der Waals surface area contributed by atoms with Crippen molar-refractivity contribution >= 4 is 17.5 Å². The largest absolute Gasteiger partial charge is 0.481 e. The van der Waals surface area contributed by atoms with E-state index in [0.29, 0.717) is 11.8 Å². The van der Waals surface area contributed by atoms with Gasteiger partial charge in [-0.2, -0.15) is 0 Å². The molecule has 0 radical (unpaired) electrons. The van der Waals surface area contributed by atoms with Gasteiger partial charge in [-0.1, -0.05) is 24.4 Å². The molecule has 0 heterocycles. The molecule has 1 amide bonds. The van der Waals surface area contributed by atoms with Gasteiger partial charge < -0.3 is 9.64 Å². The van der Waals surface area contributed by atoms with Gasteiger partial charge in [0.05, 0.1) is 0 Å². The van der Waals surface area contributed by atoms with Crippen LogP contribution in [0.15, 0.2) is 12.1 Å². The molecule has 0 aliphatic heterocycles. The van der Waals surface area contributed by atoms with Gasteiger partial charge in [-0.3, -0.25) is 4.79 Å². The molecule has 1 saturated carbocycles. The number of carbonyl (C=O) groups is 1. The van der Waals surface area contributed by atoms with Crippen molar-refractivity contribution in [2.24, 2.45) is 0 Å². The molecular formula is C17H24ClNO2. The van der Waals surface area contributed by atoms with Crippen LogP contribution in [0.25, 0.3) is 0 Å². The van der Waals surface area contributed by atoms with Gasteiger partial charge in [0.2, 0.25) is 0 Å². The van der Waals surface area contributed by atoms with Gasteiger partial charge in [0.25, 0.3) is 5.91 Å². The van der Waals surface area contributed by atoms with E-state index >= 15 is 0 Å². The van der Waals surface area contributed by atoms with Gasteiger partial charge in [0.1, 0.15) is 5.75 Å². The number of rotatable bonds is 4. The van der Waals surface area contributed by atoms with Crippen LogP contribution in [-0.4, -0.2) is 30.0 Å². The zero-order valence-corrected chi connectivity index (χ0v) is 14.0. The van der Waals surface area contributed by atoms with Crippen molar-refractivity contribution in [2.75, 3.05) is 7.05 Å². The summed E-state index contributed by atoms with van der Waals surface area (Å²) in [5.74, 6) is 0.752. The van der Waals surface area contributed by atoms with Crippen LogP contribution in [0.2, 0.25) is 5.02 Å². The van der Waals surface area contributed by atoms with E-state index in [0.717, 1.165) is 29.0 Å². The second kappa shape index (κ2) is 6.69. The zero-order chi connectivity index (χ0) is 15.6. The lowest BCUT2D eigenvalue weighted by atomic mass is 10.1. The van der Waals surface area contributed by atoms with Crippen LogP contribution in [0.1, 0.15) is 43.7 Å². The molecule has 0 spiro atoms. The molecule has 0 saturated heterocycles. The van der Waals surface area contributed by atoms with E-state index in [1.807, 2.05) is 44.9 Å². The maximum atomic E-state index is 12.4. The molecule has 1 aliphatic rings. The molecule has 1 fully saturated rings. The molecule has 1 aliphatic carbocycles. The van der Waals surface area contributed by atoms with Crippen LogP contribution in [0.4, 0.5) is 0 Å². The van der Waals surface area contributed by atoms with Crippen molar-refractivity contribution in [3.05, 3.63) is 28.3 Å². The number of likely N-dealkylation sites (N-methyl/N-ethyl adjacent to an activating group) is 1. The van der Waals surface area contributed by atoms with E-state index in [1.54, 1.807) is 0 Å². The van der Waals surface area contributed by atoms with Crippen LogP contribution in [0.5, 0.6) is 5.75 Å². The first-order chi connectivity index (χ1) is 9.90. The van der Waals surface area contributed by atoms with Crippen molar-refractivity contribution in [3.63, 3.8) is 0 Å². The van der Waals surface area contributed by atoms with Crippen LogP contribution in [-0.2, 0) is 4.79 Å². The number of hydrogen-bond acceptors (Lipinski definition) is 2. The summed E-state index contributed by atoms with van der Waals surface area (Å²) >= 11 is 6.15. The molecule has 0 unspecified atom stereocenters. The first kappa shape index (κ1) is 16.2. The molecule has 3 nitrogen and oxygen atoms in total. The van der Waals surface area contributed by atoms with E-state index in [-0.39, 0.29) is 5.91 Å². The van der Waals surface area contributed by atoms with Crippen LogP contribution in [0.3, 0.4) is 0 Å². The summed E-state index contributed by atoms with van der Waals surface area (Å²) in [6.45, 7) is 5.70. The molecule has 4 heteroatoms. The molecular weight excluding hydrogens is 286 g/mol. The fourth-order valence-corrected chi connectivity index (χ4v) is 3.10. The lowest BCUT2D eigenvalue weighted by Gasteiger charge is -2.27. The summed E-state index contributed by atoms with van der Waals surface area (Å²) < 4.78 is 5.82. The highest BCUT2D eigenvalue weighted by molar-refractivity contribution is 6.32. The quantitative estimate of drug-likeness (QED) is 0.837. The Morgan fingerprint density at radius 2 is 1.81 bits per heavy atom. The van der Waals surface area contributed by atoms with E-state index in [9.17, 15) is 4.79 Å². The number of nitrogens with zero attached hydrogens (tertiary/aromatic N) is 1. The summed E-state index contributed by atoms with van der Waals surface area (Å²) in [6.07, 6.45) is 4.16. The molecule has 0 N–H and O–H groups in total. The number of amides is 1. The van der Waals surface area contributed by atoms with Gasteiger partial charge in [0.15, 0.2) is 6.10 Å². The number of hydrogen-bond donors (Lipinski definition) is 0. The molecule has 116 valence electrons. The first-order valence-electron chi connectivity index (χ1n) is 7.60. The minimum atomic E-state index is -0.476. The van der Waals surface area contributed by atoms with Crippen LogP contribution < -0.4 is 4.74 Å². The van der Waals surface area contributed by atoms with Crippen molar-refractivity contribution in [1.82, 2.24) is 4.90 Å². The van der Waals surface area contributed by atoms with E-state index < -0.39 is 6.10 Å². The number of halogens is 1. The minimum Gasteiger partial charge on any atom is -0.481 e. The highest BCUT2D eigenvalue weighted by Crippen LogP contribution is 2.27. The Kier molecular flexibility index (Phi) is 5.15. The summed E-state index contributed by atoms with van der Waals surface area (Å²) in [5, 5.41) is 0.754. The number of carbonyl (C=O) groups excluding carboxylic acids is 1. The molecule has 0 aromatic heterocycles. The molecule has 1 atom stereocenters. The van der Waals surface area contributed by atoms with E-state index in [1.165, 1.54) is 12.8 Å². The Hall–Kier alpha value is -1.22. The summed E-state index contributed by atoms with van der Waals surface area (Å²) in [4.78, 5) is 14.3. The van der Waals surface area contributed by atoms with Crippen molar-refractivity contribution in [1.29, 1.82) is 0 Å². The van der Waals surface area contributed by atoms with Crippen LogP contribution in [0, 0.1) is 13.8 Å². The zero-order valence-electron chi connectivity index (χ0n) is 13.3. The Balaban J connectivity index is 2.03. The van der Waals surface area contributed by atoms with Crippen molar-refractivity contribution in [3.8, 4) is 5.75 Å².